The van der Waals surface area contributed by atoms with Crippen LogP contribution in [0.15, 0.2) is 18.2 Å². The Labute approximate surface area is 201 Å². The number of benzene rings is 1. The van der Waals surface area contributed by atoms with Crippen molar-refractivity contribution in [3.05, 3.63) is 34.3 Å². The van der Waals surface area contributed by atoms with Crippen molar-refractivity contribution in [2.45, 2.75) is 64.1 Å². The summed E-state index contributed by atoms with van der Waals surface area (Å²) >= 11 is 0.808. The van der Waals surface area contributed by atoms with E-state index in [1.54, 1.807) is 12.1 Å². The molecule has 34 heavy (non-hydrogen) atoms. The molecule has 2 aliphatic rings. The molecule has 1 aromatic heterocycles. The van der Waals surface area contributed by atoms with Gasteiger partial charge >= 0.3 is 0 Å². The van der Waals surface area contributed by atoms with Crippen LogP contribution in [-0.4, -0.2) is 45.9 Å². The van der Waals surface area contributed by atoms with E-state index < -0.39 is 17.9 Å². The highest BCUT2D eigenvalue weighted by Gasteiger charge is 2.34. The largest absolute Gasteiger partial charge is 0.454 e. The zero-order valence-electron chi connectivity index (χ0n) is 19.0. The topological polar surface area (TPSA) is 150 Å². The summed E-state index contributed by atoms with van der Waals surface area (Å²) in [5, 5.41) is 3.12. The molecule has 4 rings (SSSR count). The Morgan fingerprint density at radius 1 is 1.24 bits per heavy atom. The fourth-order valence-electron chi connectivity index (χ4n) is 4.39. The van der Waals surface area contributed by atoms with Crippen LogP contribution in [0.3, 0.4) is 0 Å². The van der Waals surface area contributed by atoms with Gasteiger partial charge in [0.2, 0.25) is 12.7 Å². The molecule has 11 heteroatoms. The molecule has 2 heterocycles. The van der Waals surface area contributed by atoms with Crippen LogP contribution >= 0.6 is 11.5 Å². The van der Waals surface area contributed by atoms with Gasteiger partial charge < -0.3 is 31.2 Å². The third-order valence-electron chi connectivity index (χ3n) is 6.15. The maximum absolute atomic E-state index is 13.7. The summed E-state index contributed by atoms with van der Waals surface area (Å²) < 4.78 is 14.8. The molecule has 5 N–H and O–H groups in total. The summed E-state index contributed by atoms with van der Waals surface area (Å²) in [6.07, 6.45) is 5.19. The van der Waals surface area contributed by atoms with Gasteiger partial charge in [-0.2, -0.15) is 4.37 Å². The second-order valence-corrected chi connectivity index (χ2v) is 9.33. The average molecular weight is 488 g/mol. The van der Waals surface area contributed by atoms with Gasteiger partial charge in [-0.15, -0.1) is 0 Å². The molecule has 1 aliphatic heterocycles. The first-order valence-electron chi connectivity index (χ1n) is 11.4. The predicted molar refractivity (Wildman–Crippen MR) is 127 cm³/mol. The first-order chi connectivity index (χ1) is 16.4. The molecule has 1 saturated carbocycles. The summed E-state index contributed by atoms with van der Waals surface area (Å²) in [7, 11) is 0. The van der Waals surface area contributed by atoms with E-state index in [0.717, 1.165) is 42.8 Å². The third-order valence-corrected chi connectivity index (χ3v) is 7.00. The maximum Gasteiger partial charge on any atom is 0.270 e. The fourth-order valence-corrected chi connectivity index (χ4v) is 5.15. The Hall–Kier alpha value is -3.34. The summed E-state index contributed by atoms with van der Waals surface area (Å²) in [6.45, 7) is 2.24. The number of nitrogens with zero attached hydrogens (tertiary/aromatic N) is 2. The van der Waals surface area contributed by atoms with Crippen LogP contribution in [0.1, 0.15) is 71.2 Å². The molecule has 0 unspecified atom stereocenters. The van der Waals surface area contributed by atoms with E-state index in [0.29, 0.717) is 24.3 Å². The van der Waals surface area contributed by atoms with E-state index in [-0.39, 0.29) is 41.5 Å². The molecule has 2 aromatic rings. The van der Waals surface area contributed by atoms with Crippen LogP contribution in [0.4, 0.5) is 5.69 Å². The minimum absolute atomic E-state index is 0.0652. The molecule has 0 spiro atoms. The summed E-state index contributed by atoms with van der Waals surface area (Å²) in [6, 6.07) is 4.80. The van der Waals surface area contributed by atoms with E-state index in [2.05, 4.69) is 9.69 Å². The number of hydrogen-bond acceptors (Lipinski definition) is 8. The Morgan fingerprint density at radius 3 is 2.65 bits per heavy atom. The molecule has 0 saturated heterocycles. The number of aromatic nitrogens is 1. The normalized spacial score (nSPS) is 15.8. The quantitative estimate of drug-likeness (QED) is 0.491. The van der Waals surface area contributed by atoms with Crippen molar-refractivity contribution < 1.29 is 23.9 Å². The Balaban J connectivity index is 1.67. The van der Waals surface area contributed by atoms with Crippen LogP contribution in [0.5, 0.6) is 11.5 Å². The number of rotatable bonds is 9. The first kappa shape index (κ1) is 23.8. The first-order valence-corrected chi connectivity index (χ1v) is 12.2. The Morgan fingerprint density at radius 2 is 1.97 bits per heavy atom. The number of ether oxygens (including phenoxy) is 2. The number of nitrogens with one attached hydrogen (secondary N) is 1. The van der Waals surface area contributed by atoms with Crippen LogP contribution in [0.25, 0.3) is 0 Å². The van der Waals surface area contributed by atoms with Gasteiger partial charge in [0.25, 0.3) is 11.8 Å². The number of nitrogens with two attached hydrogens (primary N) is 2. The molecular weight excluding hydrogens is 458 g/mol. The van der Waals surface area contributed by atoms with Crippen LogP contribution in [-0.2, 0) is 11.3 Å². The van der Waals surface area contributed by atoms with E-state index in [9.17, 15) is 14.4 Å². The zero-order chi connectivity index (χ0) is 24.2. The number of carbonyl (C=O) groups excluding carboxylic acids is 3. The average Bonchev–Trinajstić information content (AvgIpc) is 3.56. The third kappa shape index (κ3) is 4.93. The van der Waals surface area contributed by atoms with E-state index in [1.165, 1.54) is 4.90 Å². The molecule has 0 radical (unpaired) electrons. The van der Waals surface area contributed by atoms with Crippen molar-refractivity contribution in [3.63, 3.8) is 0 Å². The van der Waals surface area contributed by atoms with Crippen molar-refractivity contribution in [1.82, 2.24) is 14.6 Å². The summed E-state index contributed by atoms with van der Waals surface area (Å²) in [5.74, 6) is -0.260. The molecule has 3 amide bonds. The van der Waals surface area contributed by atoms with Crippen LogP contribution in [0, 0.1) is 0 Å². The van der Waals surface area contributed by atoms with Gasteiger partial charge in [0, 0.05) is 12.6 Å². The lowest BCUT2D eigenvalue weighted by molar-refractivity contribution is -0.126. The highest BCUT2D eigenvalue weighted by atomic mass is 32.1. The van der Waals surface area contributed by atoms with E-state index >= 15 is 0 Å². The van der Waals surface area contributed by atoms with Crippen LogP contribution in [0.2, 0.25) is 0 Å². The maximum atomic E-state index is 13.7. The number of anilines is 1. The lowest BCUT2D eigenvalue weighted by atomic mass is 10.1. The smallest absolute Gasteiger partial charge is 0.270 e. The predicted octanol–water partition coefficient (Wildman–Crippen LogP) is 2.42. The monoisotopic (exact) mass is 487 g/mol. The number of fused-ring (bicyclic) bond motifs is 1. The van der Waals surface area contributed by atoms with Gasteiger partial charge in [-0.25, -0.2) is 0 Å². The number of primary amides is 1. The molecule has 182 valence electrons. The van der Waals surface area contributed by atoms with Crippen molar-refractivity contribution in [2.24, 2.45) is 5.73 Å². The molecule has 1 fully saturated rings. The van der Waals surface area contributed by atoms with Crippen molar-refractivity contribution in [3.8, 4) is 11.5 Å². The second-order valence-electron chi connectivity index (χ2n) is 8.55. The standard InChI is InChI=1S/C23H29N5O5S/c1-2-5-15(22(30)26-14-6-3-4-7-14)28(11-13-8-9-16-17(10-13)33-12-32-16)23(31)20-18(24)19(21(25)29)27-34-20/h8-10,14-15H,2-7,11-12,24H2,1H3,(H2,25,29)(H,26,30)/t15-/m0/s1. The lowest BCUT2D eigenvalue weighted by Crippen LogP contribution is -2.51. The lowest BCUT2D eigenvalue weighted by Gasteiger charge is -2.31. The summed E-state index contributed by atoms with van der Waals surface area (Å²) in [5.41, 5.74) is 12.0. The molecule has 1 aliphatic carbocycles. The highest BCUT2D eigenvalue weighted by Crippen LogP contribution is 2.34. The highest BCUT2D eigenvalue weighted by molar-refractivity contribution is 7.09. The van der Waals surface area contributed by atoms with Crippen molar-refractivity contribution in [1.29, 1.82) is 0 Å². The van der Waals surface area contributed by atoms with Gasteiger partial charge in [-0.1, -0.05) is 32.3 Å². The minimum atomic E-state index is -0.806. The van der Waals surface area contributed by atoms with E-state index in [4.69, 9.17) is 20.9 Å². The van der Waals surface area contributed by atoms with Gasteiger partial charge in [0.05, 0.1) is 5.69 Å². The van der Waals surface area contributed by atoms with Gasteiger partial charge in [-0.3, -0.25) is 14.4 Å². The van der Waals surface area contributed by atoms with Crippen molar-refractivity contribution in [2.75, 3.05) is 12.5 Å². The molecule has 0 bridgehead atoms. The SMILES string of the molecule is CCC[C@@H](C(=O)NC1CCCC1)N(Cc1ccc2c(c1)OCO2)C(=O)c1snc(C(N)=O)c1N. The number of hydrogen-bond donors (Lipinski definition) is 3. The number of carbonyl (C=O) groups is 3. The molecule has 10 nitrogen and oxygen atoms in total. The molecular formula is C23H29N5O5S. The number of amides is 3. The summed E-state index contributed by atoms with van der Waals surface area (Å²) in [4.78, 5) is 40.3. The molecule has 1 aromatic carbocycles. The minimum Gasteiger partial charge on any atom is -0.454 e. The second kappa shape index (κ2) is 10.3. The van der Waals surface area contributed by atoms with Gasteiger partial charge in [0.15, 0.2) is 17.2 Å². The number of nitrogen functional groups attached to an aromatic ring is 1. The van der Waals surface area contributed by atoms with Gasteiger partial charge in [-0.05, 0) is 48.5 Å². The van der Waals surface area contributed by atoms with Gasteiger partial charge in [0.1, 0.15) is 10.9 Å². The van der Waals surface area contributed by atoms with Crippen LogP contribution < -0.4 is 26.3 Å². The fraction of sp³-hybridized carbons (Fsp3) is 0.478. The van der Waals surface area contributed by atoms with Crippen molar-refractivity contribution >= 4 is 34.9 Å². The zero-order valence-corrected chi connectivity index (χ0v) is 19.9. The Bertz CT molecular complexity index is 1080. The Kier molecular flexibility index (Phi) is 7.20. The van der Waals surface area contributed by atoms with E-state index in [1.807, 2.05) is 13.0 Å². The molecule has 1 atom stereocenters.